The summed E-state index contributed by atoms with van der Waals surface area (Å²) >= 11 is 9.56. The molecular formula is C15H8BrClFN5. The zero-order valence-electron chi connectivity index (χ0n) is 11.4. The van der Waals surface area contributed by atoms with Gasteiger partial charge in [-0.3, -0.25) is 5.10 Å². The summed E-state index contributed by atoms with van der Waals surface area (Å²) in [6.45, 7) is 0. The summed E-state index contributed by atoms with van der Waals surface area (Å²) in [5, 5.41) is 10.5. The number of nitrogens with zero attached hydrogens (tertiary/aromatic N) is 3. The number of H-pyrrole nitrogens is 1. The maximum Gasteiger partial charge on any atom is 0.163 e. The summed E-state index contributed by atoms with van der Waals surface area (Å²) in [5.74, 6) is 0.241. The number of anilines is 1. The molecule has 0 aliphatic carbocycles. The first-order valence-electron chi connectivity index (χ1n) is 6.64. The molecule has 0 amide bonds. The summed E-state index contributed by atoms with van der Waals surface area (Å²) < 4.78 is 14.9. The van der Waals surface area contributed by atoms with E-state index in [1.165, 1.54) is 6.07 Å². The van der Waals surface area contributed by atoms with Crippen LogP contribution in [0.25, 0.3) is 11.3 Å². The van der Waals surface area contributed by atoms with Gasteiger partial charge >= 0.3 is 0 Å². The average molecular weight is 393 g/mol. The summed E-state index contributed by atoms with van der Waals surface area (Å²) in [5.41, 5.74) is 2.21. The number of hydrogen-bond donors (Lipinski definition) is 2. The Kier molecular flexibility index (Phi) is 3.39. The van der Waals surface area contributed by atoms with Crippen LogP contribution in [0.15, 0.2) is 46.1 Å². The summed E-state index contributed by atoms with van der Waals surface area (Å²) in [6, 6.07) is 8.14. The van der Waals surface area contributed by atoms with Gasteiger partial charge in [0, 0.05) is 11.8 Å². The molecule has 1 aromatic carbocycles. The average Bonchev–Trinajstić information content (AvgIpc) is 2.80. The monoisotopic (exact) mass is 391 g/mol. The third kappa shape index (κ3) is 2.32. The van der Waals surface area contributed by atoms with E-state index < -0.39 is 5.82 Å². The van der Waals surface area contributed by atoms with Gasteiger partial charge in [0.1, 0.15) is 27.6 Å². The Labute approximate surface area is 143 Å². The fourth-order valence-electron chi connectivity index (χ4n) is 2.40. The lowest BCUT2D eigenvalue weighted by molar-refractivity contribution is 0.625. The Morgan fingerprint density at radius 3 is 2.87 bits per heavy atom. The molecule has 2 N–H and O–H groups in total. The molecule has 3 aromatic rings. The van der Waals surface area contributed by atoms with Crippen LogP contribution in [-0.4, -0.2) is 21.0 Å². The van der Waals surface area contributed by atoms with Gasteiger partial charge in [0.15, 0.2) is 5.82 Å². The van der Waals surface area contributed by atoms with E-state index in [2.05, 4.69) is 41.4 Å². The summed E-state index contributed by atoms with van der Waals surface area (Å²) in [4.78, 5) is 8.71. The Morgan fingerprint density at radius 2 is 2.04 bits per heavy atom. The van der Waals surface area contributed by atoms with Crippen molar-refractivity contribution in [2.24, 2.45) is 4.99 Å². The van der Waals surface area contributed by atoms with Crippen molar-refractivity contribution in [1.82, 2.24) is 15.2 Å². The van der Waals surface area contributed by atoms with Crippen LogP contribution in [0, 0.1) is 5.82 Å². The maximum absolute atomic E-state index is 14.3. The Hall–Kier alpha value is -2.25. The number of nitrogens with one attached hydrogen (secondary N) is 2. The fourth-order valence-corrected chi connectivity index (χ4v) is 3.02. The highest BCUT2D eigenvalue weighted by Gasteiger charge is 2.24. The molecule has 0 radical (unpaired) electrons. The number of halogens is 3. The van der Waals surface area contributed by atoms with Gasteiger partial charge in [-0.15, -0.1) is 0 Å². The van der Waals surface area contributed by atoms with Gasteiger partial charge in [0.25, 0.3) is 0 Å². The number of aromatic amines is 1. The smallest absolute Gasteiger partial charge is 0.163 e. The van der Waals surface area contributed by atoms with Crippen LogP contribution in [0.3, 0.4) is 0 Å². The lowest BCUT2D eigenvalue weighted by Crippen LogP contribution is -2.15. The molecular weight excluding hydrogens is 385 g/mol. The van der Waals surface area contributed by atoms with Gasteiger partial charge in [-0.05, 0) is 40.2 Å². The van der Waals surface area contributed by atoms with Gasteiger partial charge in [0.2, 0.25) is 0 Å². The third-order valence-corrected chi connectivity index (χ3v) is 4.31. The van der Waals surface area contributed by atoms with Crippen LogP contribution < -0.4 is 5.32 Å². The first-order valence-corrected chi connectivity index (χ1v) is 7.81. The van der Waals surface area contributed by atoms with E-state index >= 15 is 0 Å². The summed E-state index contributed by atoms with van der Waals surface area (Å²) in [6.07, 6.45) is 1.62. The molecule has 4 rings (SSSR count). The molecule has 114 valence electrons. The zero-order chi connectivity index (χ0) is 16.0. The van der Waals surface area contributed by atoms with Crippen LogP contribution in [0.1, 0.15) is 5.56 Å². The number of rotatable bonds is 1. The van der Waals surface area contributed by atoms with Crippen molar-refractivity contribution in [3.63, 3.8) is 0 Å². The first kappa shape index (κ1) is 14.3. The topological polar surface area (TPSA) is 66.0 Å². The Bertz CT molecular complexity index is 933. The molecule has 1 aliphatic rings. The van der Waals surface area contributed by atoms with Crippen molar-refractivity contribution in [1.29, 1.82) is 0 Å². The van der Waals surface area contributed by atoms with Gasteiger partial charge < -0.3 is 5.32 Å². The van der Waals surface area contributed by atoms with Crippen molar-refractivity contribution in [3.05, 3.63) is 57.5 Å². The summed E-state index contributed by atoms with van der Waals surface area (Å²) in [7, 11) is 0. The minimum absolute atomic E-state index is 0.187. The lowest BCUT2D eigenvalue weighted by Gasteiger charge is -2.10. The molecule has 0 unspecified atom stereocenters. The predicted octanol–water partition coefficient (Wildman–Crippen LogP) is 4.53. The van der Waals surface area contributed by atoms with Crippen molar-refractivity contribution in [3.8, 4) is 11.3 Å². The molecule has 0 spiro atoms. The number of fused-ring (bicyclic) bond motifs is 3. The predicted molar refractivity (Wildman–Crippen MR) is 90.7 cm³/mol. The van der Waals surface area contributed by atoms with E-state index in [1.807, 2.05) is 6.07 Å². The van der Waals surface area contributed by atoms with Gasteiger partial charge in [-0.2, -0.15) is 5.10 Å². The molecule has 0 bridgehead atoms. The number of benzene rings is 1. The van der Waals surface area contributed by atoms with Crippen LogP contribution >= 0.6 is 27.5 Å². The van der Waals surface area contributed by atoms with Crippen molar-refractivity contribution in [2.75, 3.05) is 5.32 Å². The van der Waals surface area contributed by atoms with E-state index in [1.54, 1.807) is 24.4 Å². The second-order valence-electron chi connectivity index (χ2n) is 4.82. The fraction of sp³-hybridized carbons (Fsp3) is 0. The largest absolute Gasteiger partial charge is 0.335 e. The standard InChI is InChI=1S/C15H8BrClFN5/c16-13-12-11(22-23-13)7-3-2-6-19-14(7)21-15(20-12)10-8(17)4-1-5-9(10)18/h1-6H,(H,22,23)(H,19,20,21). The van der Waals surface area contributed by atoms with Crippen molar-refractivity contribution < 1.29 is 4.39 Å². The third-order valence-electron chi connectivity index (χ3n) is 3.42. The quantitative estimate of drug-likeness (QED) is 0.639. The molecule has 0 fully saturated rings. The van der Waals surface area contributed by atoms with Crippen LogP contribution in [0.4, 0.5) is 15.9 Å². The van der Waals surface area contributed by atoms with Gasteiger partial charge in [0.05, 0.1) is 10.6 Å². The maximum atomic E-state index is 14.3. The van der Waals surface area contributed by atoms with Crippen LogP contribution in [-0.2, 0) is 0 Å². The van der Waals surface area contributed by atoms with E-state index in [4.69, 9.17) is 11.6 Å². The number of pyridine rings is 1. The van der Waals surface area contributed by atoms with Crippen molar-refractivity contribution in [2.45, 2.75) is 0 Å². The van der Waals surface area contributed by atoms with Crippen LogP contribution in [0.5, 0.6) is 0 Å². The molecule has 1 aliphatic heterocycles. The number of amidine groups is 1. The lowest BCUT2D eigenvalue weighted by atomic mass is 10.1. The highest BCUT2D eigenvalue weighted by molar-refractivity contribution is 9.10. The minimum atomic E-state index is -0.468. The normalized spacial score (nSPS) is 12.7. The Morgan fingerprint density at radius 1 is 1.17 bits per heavy atom. The molecule has 2 aromatic heterocycles. The van der Waals surface area contributed by atoms with E-state index in [0.717, 1.165) is 5.56 Å². The molecule has 8 heteroatoms. The molecule has 3 heterocycles. The minimum Gasteiger partial charge on any atom is -0.335 e. The van der Waals surface area contributed by atoms with Crippen molar-refractivity contribution >= 4 is 44.9 Å². The van der Waals surface area contributed by atoms with E-state index in [9.17, 15) is 4.39 Å². The SMILES string of the molecule is Fc1cccc(Cl)c1C1=Nc2ncccc2-c2n[nH]c(Br)c2N1. The van der Waals surface area contributed by atoms with Gasteiger partial charge in [-0.1, -0.05) is 17.7 Å². The van der Waals surface area contributed by atoms with E-state index in [-0.39, 0.29) is 16.4 Å². The Balaban J connectivity index is 2.01. The molecule has 23 heavy (non-hydrogen) atoms. The van der Waals surface area contributed by atoms with Gasteiger partial charge in [-0.25, -0.2) is 14.4 Å². The molecule has 0 atom stereocenters. The van der Waals surface area contributed by atoms with E-state index in [0.29, 0.717) is 21.8 Å². The zero-order valence-corrected chi connectivity index (χ0v) is 13.8. The highest BCUT2D eigenvalue weighted by atomic mass is 79.9. The first-order chi connectivity index (χ1) is 11.1. The van der Waals surface area contributed by atoms with Crippen LogP contribution in [0.2, 0.25) is 5.02 Å². The molecule has 0 saturated carbocycles. The molecule has 5 nitrogen and oxygen atoms in total. The number of hydrogen-bond acceptors (Lipinski definition) is 4. The number of aliphatic imine (C=N–C) groups is 1. The second-order valence-corrected chi connectivity index (χ2v) is 6.02. The second kappa shape index (κ2) is 5.43. The number of aromatic nitrogens is 3. The highest BCUT2D eigenvalue weighted by Crippen LogP contribution is 2.39. The molecule has 0 saturated heterocycles.